The normalized spacial score (nSPS) is 16.5. The van der Waals surface area contributed by atoms with E-state index in [1.807, 2.05) is 18.4 Å². The third kappa shape index (κ3) is 3.31. The molecule has 0 unspecified atom stereocenters. The molecule has 0 bridgehead atoms. The molecule has 0 aliphatic carbocycles. The molecule has 0 N–H and O–H groups in total. The molecule has 1 aliphatic rings. The summed E-state index contributed by atoms with van der Waals surface area (Å²) in [6.45, 7) is 3.45. The molecule has 1 fully saturated rings. The number of hydrogen-bond donors (Lipinski definition) is 0. The molecule has 5 nitrogen and oxygen atoms in total. The molecule has 7 heteroatoms. The molecule has 0 spiro atoms. The van der Waals surface area contributed by atoms with Gasteiger partial charge in [0.15, 0.2) is 0 Å². The number of rotatable bonds is 3. The Morgan fingerprint density at radius 3 is 2.30 bits per heavy atom. The number of amides is 1. The largest absolute Gasteiger partial charge is 0.336 e. The van der Waals surface area contributed by atoms with Gasteiger partial charge in [-0.3, -0.25) is 4.79 Å². The maximum Gasteiger partial charge on any atom is 0.254 e. The van der Waals surface area contributed by atoms with E-state index in [1.54, 1.807) is 46.6 Å². The Bertz CT molecular complexity index is 792. The molecule has 3 rings (SSSR count). The van der Waals surface area contributed by atoms with E-state index < -0.39 is 10.0 Å². The number of sulfonamides is 1. The minimum Gasteiger partial charge on any atom is -0.336 e. The lowest BCUT2D eigenvalue weighted by atomic mass is 10.2. The molecule has 1 aromatic heterocycles. The molecular formula is C16H18N2O3S2. The molecule has 0 radical (unpaired) electrons. The number of thiophene rings is 1. The number of hydrogen-bond acceptors (Lipinski definition) is 4. The smallest absolute Gasteiger partial charge is 0.254 e. The molecule has 1 amide bonds. The quantitative estimate of drug-likeness (QED) is 0.853. The summed E-state index contributed by atoms with van der Waals surface area (Å²) in [7, 11) is -3.47. The second-order valence-electron chi connectivity index (χ2n) is 5.46. The Hall–Kier alpha value is -1.70. The van der Waals surface area contributed by atoms with Crippen molar-refractivity contribution in [3.63, 3.8) is 0 Å². The molecule has 1 aromatic carbocycles. The van der Waals surface area contributed by atoms with Gasteiger partial charge in [-0.1, -0.05) is 18.2 Å². The van der Waals surface area contributed by atoms with Crippen molar-refractivity contribution in [2.75, 3.05) is 26.2 Å². The zero-order chi connectivity index (χ0) is 16.4. The summed E-state index contributed by atoms with van der Waals surface area (Å²) >= 11 is 1.55. The molecule has 23 heavy (non-hydrogen) atoms. The number of piperazine rings is 1. The first-order chi connectivity index (χ1) is 11.0. The predicted octanol–water partition coefficient (Wildman–Crippen LogP) is 2.20. The highest BCUT2D eigenvalue weighted by Gasteiger charge is 2.30. The Morgan fingerprint density at radius 1 is 1.09 bits per heavy atom. The van der Waals surface area contributed by atoms with Crippen LogP contribution in [0.2, 0.25) is 0 Å². The van der Waals surface area contributed by atoms with Crippen LogP contribution in [0.15, 0.2) is 46.7 Å². The van der Waals surface area contributed by atoms with Crippen molar-refractivity contribution < 1.29 is 13.2 Å². The highest BCUT2D eigenvalue weighted by Crippen LogP contribution is 2.19. The summed E-state index contributed by atoms with van der Waals surface area (Å²) in [5, 5.41) is 1.85. The van der Waals surface area contributed by atoms with Gasteiger partial charge in [-0.25, -0.2) is 8.42 Å². The second-order valence-corrected chi connectivity index (χ2v) is 8.51. The SMILES string of the molecule is Cc1cc(C(=O)N2CCN(S(=O)(=O)c3ccccc3)CC2)cs1. The fourth-order valence-electron chi connectivity index (χ4n) is 2.61. The monoisotopic (exact) mass is 350 g/mol. The van der Waals surface area contributed by atoms with E-state index in [-0.39, 0.29) is 5.91 Å². The van der Waals surface area contributed by atoms with Crippen LogP contribution in [-0.4, -0.2) is 49.7 Å². The van der Waals surface area contributed by atoms with E-state index in [0.717, 1.165) is 4.88 Å². The van der Waals surface area contributed by atoms with E-state index in [9.17, 15) is 13.2 Å². The van der Waals surface area contributed by atoms with E-state index in [2.05, 4.69) is 0 Å². The first-order valence-electron chi connectivity index (χ1n) is 7.38. The van der Waals surface area contributed by atoms with Crippen molar-refractivity contribution >= 4 is 27.3 Å². The highest BCUT2D eigenvalue weighted by atomic mass is 32.2. The maximum atomic E-state index is 12.6. The molecular weight excluding hydrogens is 332 g/mol. The predicted molar refractivity (Wildman–Crippen MR) is 90.2 cm³/mol. The zero-order valence-corrected chi connectivity index (χ0v) is 14.4. The lowest BCUT2D eigenvalue weighted by Gasteiger charge is -2.33. The minimum absolute atomic E-state index is 0.0221. The number of aryl methyl sites for hydroxylation is 1. The molecule has 122 valence electrons. The summed E-state index contributed by atoms with van der Waals surface area (Å²) in [4.78, 5) is 15.5. The topological polar surface area (TPSA) is 57.7 Å². The average molecular weight is 350 g/mol. The van der Waals surface area contributed by atoms with Crippen LogP contribution in [0.5, 0.6) is 0 Å². The summed E-state index contributed by atoms with van der Waals surface area (Å²) in [5.74, 6) is -0.0221. The average Bonchev–Trinajstić information content (AvgIpc) is 3.01. The zero-order valence-electron chi connectivity index (χ0n) is 12.8. The maximum absolute atomic E-state index is 12.6. The summed E-state index contributed by atoms with van der Waals surface area (Å²) in [6.07, 6.45) is 0. The van der Waals surface area contributed by atoms with E-state index in [0.29, 0.717) is 36.6 Å². The number of carbonyl (C=O) groups is 1. The van der Waals surface area contributed by atoms with Crippen LogP contribution in [0.25, 0.3) is 0 Å². The van der Waals surface area contributed by atoms with Crippen LogP contribution in [0.4, 0.5) is 0 Å². The Kier molecular flexibility index (Phi) is 4.52. The first kappa shape index (κ1) is 16.2. The van der Waals surface area contributed by atoms with Gasteiger partial charge in [-0.15, -0.1) is 11.3 Å². The molecule has 2 heterocycles. The van der Waals surface area contributed by atoms with Crippen molar-refractivity contribution in [1.29, 1.82) is 0 Å². The first-order valence-corrected chi connectivity index (χ1v) is 9.70. The van der Waals surface area contributed by atoms with Crippen molar-refractivity contribution in [1.82, 2.24) is 9.21 Å². The molecule has 2 aromatic rings. The van der Waals surface area contributed by atoms with Gasteiger partial charge in [-0.2, -0.15) is 4.31 Å². The fraction of sp³-hybridized carbons (Fsp3) is 0.312. The summed E-state index contributed by atoms with van der Waals surface area (Å²) in [5.41, 5.74) is 0.687. The lowest BCUT2D eigenvalue weighted by Crippen LogP contribution is -2.50. The minimum atomic E-state index is -3.47. The summed E-state index contributed by atoms with van der Waals surface area (Å²) in [6, 6.07) is 10.3. The van der Waals surface area contributed by atoms with Crippen molar-refractivity contribution in [3.8, 4) is 0 Å². The highest BCUT2D eigenvalue weighted by molar-refractivity contribution is 7.89. The third-order valence-corrected chi connectivity index (χ3v) is 6.66. The van der Waals surface area contributed by atoms with Crippen molar-refractivity contribution in [2.45, 2.75) is 11.8 Å². The van der Waals surface area contributed by atoms with Gasteiger partial charge in [0.05, 0.1) is 10.5 Å². The fourth-order valence-corrected chi connectivity index (χ4v) is 4.73. The number of carbonyl (C=O) groups excluding carboxylic acids is 1. The van der Waals surface area contributed by atoms with Crippen molar-refractivity contribution in [3.05, 3.63) is 52.2 Å². The van der Waals surface area contributed by atoms with Gasteiger partial charge >= 0.3 is 0 Å². The third-order valence-electron chi connectivity index (χ3n) is 3.88. The summed E-state index contributed by atoms with van der Waals surface area (Å²) < 4.78 is 26.6. The standard InChI is InChI=1S/C16H18N2O3S2/c1-13-11-14(12-22-13)16(19)17-7-9-18(10-8-17)23(20,21)15-5-3-2-4-6-15/h2-6,11-12H,7-10H2,1H3. The molecule has 0 saturated carbocycles. The number of benzene rings is 1. The molecule has 1 saturated heterocycles. The van der Waals surface area contributed by atoms with E-state index in [1.165, 1.54) is 4.31 Å². The van der Waals surface area contributed by atoms with Gasteiger partial charge in [-0.05, 0) is 25.1 Å². The molecule has 0 atom stereocenters. The van der Waals surface area contributed by atoms with E-state index in [4.69, 9.17) is 0 Å². The van der Waals surface area contributed by atoms with Crippen molar-refractivity contribution in [2.24, 2.45) is 0 Å². The number of nitrogens with zero attached hydrogens (tertiary/aromatic N) is 2. The van der Waals surface area contributed by atoms with E-state index >= 15 is 0 Å². The van der Waals surface area contributed by atoms with Gasteiger partial charge in [0.25, 0.3) is 5.91 Å². The van der Waals surface area contributed by atoms with Crippen LogP contribution in [0.1, 0.15) is 15.2 Å². The van der Waals surface area contributed by atoms with Crippen LogP contribution >= 0.6 is 11.3 Å². The van der Waals surface area contributed by atoms with Gasteiger partial charge in [0.2, 0.25) is 10.0 Å². The van der Waals surface area contributed by atoms with Gasteiger partial charge in [0.1, 0.15) is 0 Å². The Balaban J connectivity index is 1.68. The second kappa shape index (κ2) is 6.43. The molecule has 1 aliphatic heterocycles. The van der Waals surface area contributed by atoms with Gasteiger partial charge < -0.3 is 4.90 Å². The van der Waals surface area contributed by atoms with Crippen LogP contribution in [-0.2, 0) is 10.0 Å². The van der Waals surface area contributed by atoms with Crippen LogP contribution in [0.3, 0.4) is 0 Å². The Labute approximate surface area is 140 Å². The van der Waals surface area contributed by atoms with Crippen LogP contribution < -0.4 is 0 Å². The Morgan fingerprint density at radius 2 is 1.74 bits per heavy atom. The van der Waals surface area contributed by atoms with Crippen LogP contribution in [0, 0.1) is 6.92 Å². The lowest BCUT2D eigenvalue weighted by molar-refractivity contribution is 0.0698. The van der Waals surface area contributed by atoms with Gasteiger partial charge in [0, 0.05) is 36.4 Å².